The van der Waals surface area contributed by atoms with Gasteiger partial charge in [-0.25, -0.2) is 0 Å². The molecule has 2 amide bonds. The number of hydrogen-bond donors (Lipinski definition) is 3. The monoisotopic (exact) mass is 171 g/mol. The summed E-state index contributed by atoms with van der Waals surface area (Å²) in [6.07, 6.45) is 0.360. The molecule has 1 rings (SSSR count). The minimum atomic E-state index is -0.513. The highest BCUT2D eigenvalue weighted by Gasteiger charge is 2.23. The Morgan fingerprint density at radius 3 is 2.92 bits per heavy atom. The number of hydrogen-bond acceptors (Lipinski definition) is 3. The molecule has 0 radical (unpaired) electrons. The highest BCUT2D eigenvalue weighted by atomic mass is 16.2. The van der Waals surface area contributed by atoms with Crippen LogP contribution in [0.5, 0.6) is 0 Å². The van der Waals surface area contributed by atoms with Crippen molar-refractivity contribution in [1.82, 2.24) is 10.6 Å². The molecule has 0 spiro atoms. The summed E-state index contributed by atoms with van der Waals surface area (Å²) in [5.74, 6) is -0.235. The molecule has 5 heteroatoms. The van der Waals surface area contributed by atoms with E-state index in [0.717, 1.165) is 0 Å². The van der Waals surface area contributed by atoms with Crippen molar-refractivity contribution in [2.75, 3.05) is 6.54 Å². The first-order valence-electron chi connectivity index (χ1n) is 3.92. The summed E-state index contributed by atoms with van der Waals surface area (Å²) < 4.78 is 0. The van der Waals surface area contributed by atoms with Gasteiger partial charge in [0.15, 0.2) is 0 Å². The van der Waals surface area contributed by atoms with Gasteiger partial charge in [0.25, 0.3) is 0 Å². The van der Waals surface area contributed by atoms with Crippen LogP contribution >= 0.6 is 0 Å². The lowest BCUT2D eigenvalue weighted by Gasteiger charge is -2.11. The summed E-state index contributed by atoms with van der Waals surface area (Å²) >= 11 is 0. The maximum Gasteiger partial charge on any atom is 0.236 e. The molecule has 12 heavy (non-hydrogen) atoms. The predicted octanol–water partition coefficient (Wildman–Crippen LogP) is -1.66. The van der Waals surface area contributed by atoms with Gasteiger partial charge in [-0.2, -0.15) is 0 Å². The molecule has 0 bridgehead atoms. The Hall–Kier alpha value is -1.10. The third-order valence-electron chi connectivity index (χ3n) is 1.74. The molecule has 68 valence electrons. The maximum absolute atomic E-state index is 11.0. The number of carbonyl (C=O) groups is 2. The minimum absolute atomic E-state index is 0.0232. The SMILES string of the molecule is C[C@@H](N)C(=O)NC1CNC(=O)C1. The first-order chi connectivity index (χ1) is 5.59. The van der Waals surface area contributed by atoms with Crippen molar-refractivity contribution < 1.29 is 9.59 Å². The molecule has 5 nitrogen and oxygen atoms in total. The number of carbonyl (C=O) groups excluding carboxylic acids is 2. The quantitative estimate of drug-likeness (QED) is 0.465. The van der Waals surface area contributed by atoms with Gasteiger partial charge in [0, 0.05) is 13.0 Å². The number of nitrogens with one attached hydrogen (secondary N) is 2. The first-order valence-corrected chi connectivity index (χ1v) is 3.92. The fourth-order valence-corrected chi connectivity index (χ4v) is 1.04. The molecule has 0 aliphatic carbocycles. The molecule has 1 fully saturated rings. The normalized spacial score (nSPS) is 24.8. The fraction of sp³-hybridized carbons (Fsp3) is 0.714. The van der Waals surface area contributed by atoms with Gasteiger partial charge in [0.1, 0.15) is 0 Å². The van der Waals surface area contributed by atoms with Crippen LogP contribution in [0.25, 0.3) is 0 Å². The first kappa shape index (κ1) is 8.99. The molecule has 1 aliphatic heterocycles. The predicted molar refractivity (Wildman–Crippen MR) is 43.2 cm³/mol. The van der Waals surface area contributed by atoms with Crippen LogP contribution in [0.15, 0.2) is 0 Å². The van der Waals surface area contributed by atoms with Crippen LogP contribution in [0, 0.1) is 0 Å². The van der Waals surface area contributed by atoms with Crippen LogP contribution in [-0.4, -0.2) is 30.4 Å². The summed E-state index contributed by atoms with van der Waals surface area (Å²) in [6.45, 7) is 2.12. The van der Waals surface area contributed by atoms with E-state index in [2.05, 4.69) is 10.6 Å². The molecule has 1 heterocycles. The summed E-state index contributed by atoms with van der Waals surface area (Å²) in [6, 6.07) is -0.600. The Morgan fingerprint density at radius 1 is 1.83 bits per heavy atom. The lowest BCUT2D eigenvalue weighted by atomic mass is 10.2. The molecule has 1 aliphatic rings. The Balaban J connectivity index is 2.32. The fourth-order valence-electron chi connectivity index (χ4n) is 1.04. The third kappa shape index (κ3) is 2.20. The maximum atomic E-state index is 11.0. The Kier molecular flexibility index (Phi) is 2.65. The van der Waals surface area contributed by atoms with Crippen LogP contribution < -0.4 is 16.4 Å². The third-order valence-corrected chi connectivity index (χ3v) is 1.74. The van der Waals surface area contributed by atoms with E-state index >= 15 is 0 Å². The van der Waals surface area contributed by atoms with E-state index in [4.69, 9.17) is 5.73 Å². The van der Waals surface area contributed by atoms with Crippen molar-refractivity contribution in [1.29, 1.82) is 0 Å². The second kappa shape index (κ2) is 3.53. The van der Waals surface area contributed by atoms with Crippen LogP contribution in [0.1, 0.15) is 13.3 Å². The number of rotatable bonds is 2. The molecule has 2 atom stereocenters. The second-order valence-corrected chi connectivity index (χ2v) is 3.00. The number of amides is 2. The van der Waals surface area contributed by atoms with E-state index in [1.165, 1.54) is 0 Å². The standard InChI is InChI=1S/C7H13N3O2/c1-4(8)7(12)10-5-2-6(11)9-3-5/h4-5H,2-3,8H2,1H3,(H,9,11)(H,10,12)/t4-,5?/m1/s1. The number of nitrogens with two attached hydrogens (primary N) is 1. The van der Waals surface area contributed by atoms with Crippen molar-refractivity contribution in [2.45, 2.75) is 25.4 Å². The summed E-state index contributed by atoms with van der Waals surface area (Å²) in [4.78, 5) is 21.7. The minimum Gasteiger partial charge on any atom is -0.354 e. The van der Waals surface area contributed by atoms with Gasteiger partial charge in [-0.05, 0) is 6.92 Å². The van der Waals surface area contributed by atoms with Gasteiger partial charge in [-0.3, -0.25) is 9.59 Å². The zero-order chi connectivity index (χ0) is 9.14. The Bertz CT molecular complexity index is 203. The second-order valence-electron chi connectivity index (χ2n) is 3.00. The summed E-state index contributed by atoms with van der Waals surface area (Å²) in [7, 11) is 0. The molecule has 4 N–H and O–H groups in total. The molecule has 1 unspecified atom stereocenters. The van der Waals surface area contributed by atoms with Crippen LogP contribution in [0.4, 0.5) is 0 Å². The molecule has 1 saturated heterocycles. The van der Waals surface area contributed by atoms with E-state index in [1.807, 2.05) is 0 Å². The Morgan fingerprint density at radius 2 is 2.50 bits per heavy atom. The van der Waals surface area contributed by atoms with Crippen LogP contribution in [-0.2, 0) is 9.59 Å². The smallest absolute Gasteiger partial charge is 0.236 e. The molecule has 0 aromatic heterocycles. The zero-order valence-electron chi connectivity index (χ0n) is 6.96. The summed E-state index contributed by atoms with van der Waals surface area (Å²) in [5, 5.41) is 5.28. The van der Waals surface area contributed by atoms with E-state index < -0.39 is 6.04 Å². The molecule has 0 aromatic carbocycles. The van der Waals surface area contributed by atoms with Gasteiger partial charge < -0.3 is 16.4 Å². The van der Waals surface area contributed by atoms with E-state index in [-0.39, 0.29) is 17.9 Å². The lowest BCUT2D eigenvalue weighted by molar-refractivity contribution is -0.122. The van der Waals surface area contributed by atoms with Gasteiger partial charge in [-0.15, -0.1) is 0 Å². The van der Waals surface area contributed by atoms with Crippen molar-refractivity contribution in [3.63, 3.8) is 0 Å². The summed E-state index contributed by atoms with van der Waals surface area (Å²) in [5.41, 5.74) is 5.33. The molecule has 0 aromatic rings. The van der Waals surface area contributed by atoms with Crippen molar-refractivity contribution in [3.8, 4) is 0 Å². The average molecular weight is 171 g/mol. The van der Waals surface area contributed by atoms with Crippen molar-refractivity contribution >= 4 is 11.8 Å². The van der Waals surface area contributed by atoms with Gasteiger partial charge in [0.2, 0.25) is 11.8 Å². The molecular formula is C7H13N3O2. The van der Waals surface area contributed by atoms with Gasteiger partial charge in [0.05, 0.1) is 12.1 Å². The molecule has 0 saturated carbocycles. The highest BCUT2D eigenvalue weighted by Crippen LogP contribution is 1.98. The highest BCUT2D eigenvalue weighted by molar-refractivity contribution is 5.84. The van der Waals surface area contributed by atoms with E-state index in [1.54, 1.807) is 6.92 Å². The van der Waals surface area contributed by atoms with Crippen LogP contribution in [0.2, 0.25) is 0 Å². The largest absolute Gasteiger partial charge is 0.354 e. The Labute approximate surface area is 70.7 Å². The van der Waals surface area contributed by atoms with Crippen LogP contribution in [0.3, 0.4) is 0 Å². The van der Waals surface area contributed by atoms with Crippen molar-refractivity contribution in [2.24, 2.45) is 5.73 Å². The lowest BCUT2D eigenvalue weighted by Crippen LogP contribution is -2.44. The topological polar surface area (TPSA) is 84.2 Å². The zero-order valence-corrected chi connectivity index (χ0v) is 6.96. The van der Waals surface area contributed by atoms with Gasteiger partial charge >= 0.3 is 0 Å². The van der Waals surface area contributed by atoms with Gasteiger partial charge in [-0.1, -0.05) is 0 Å². The van der Waals surface area contributed by atoms with Crippen molar-refractivity contribution in [3.05, 3.63) is 0 Å². The van der Waals surface area contributed by atoms with E-state index in [0.29, 0.717) is 13.0 Å². The van der Waals surface area contributed by atoms with E-state index in [9.17, 15) is 9.59 Å². The molecular weight excluding hydrogens is 158 g/mol. The average Bonchev–Trinajstić information content (AvgIpc) is 2.35.